The highest BCUT2D eigenvalue weighted by atomic mass is 35.5. The van der Waals surface area contributed by atoms with Crippen LogP contribution in [0.4, 0.5) is 5.82 Å². The van der Waals surface area contributed by atoms with E-state index in [4.69, 9.17) is 21.1 Å². The third-order valence-electron chi connectivity index (χ3n) is 3.19. The number of pyridine rings is 1. The van der Waals surface area contributed by atoms with Crippen LogP contribution in [-0.2, 0) is 14.3 Å². The predicted octanol–water partition coefficient (Wildman–Crippen LogP) is 2.91. The Morgan fingerprint density at radius 3 is 2.58 bits per heavy atom. The number of amides is 1. The first-order valence-electron chi connectivity index (χ1n) is 7.21. The molecule has 1 amide bonds. The second kappa shape index (κ2) is 8.31. The van der Waals surface area contributed by atoms with Crippen molar-refractivity contribution in [3.63, 3.8) is 0 Å². The Bertz CT molecular complexity index is 732. The summed E-state index contributed by atoms with van der Waals surface area (Å²) in [5.41, 5.74) is 2.20. The van der Waals surface area contributed by atoms with E-state index in [1.807, 2.05) is 26.0 Å². The smallest absolute Gasteiger partial charge is 0.344 e. The van der Waals surface area contributed by atoms with Crippen LogP contribution in [-0.4, -0.2) is 30.1 Å². The van der Waals surface area contributed by atoms with E-state index in [0.717, 1.165) is 11.1 Å². The van der Waals surface area contributed by atoms with Gasteiger partial charge in [0.25, 0.3) is 5.91 Å². The summed E-state index contributed by atoms with van der Waals surface area (Å²) >= 11 is 5.70. The first kappa shape index (κ1) is 17.7. The van der Waals surface area contributed by atoms with Crippen molar-refractivity contribution < 1.29 is 19.1 Å². The Morgan fingerprint density at radius 1 is 1.12 bits per heavy atom. The number of ether oxygens (including phenoxy) is 2. The quantitative estimate of drug-likeness (QED) is 0.812. The lowest BCUT2D eigenvalue weighted by Gasteiger charge is -2.09. The Balaban J connectivity index is 1.73. The van der Waals surface area contributed by atoms with E-state index in [9.17, 15) is 9.59 Å². The molecule has 0 unspecified atom stereocenters. The number of carbonyl (C=O) groups is 2. The van der Waals surface area contributed by atoms with E-state index < -0.39 is 18.5 Å². The molecule has 6 nitrogen and oxygen atoms in total. The molecule has 1 aromatic heterocycles. The fourth-order valence-electron chi connectivity index (χ4n) is 1.76. The Morgan fingerprint density at radius 2 is 1.92 bits per heavy atom. The van der Waals surface area contributed by atoms with Gasteiger partial charge >= 0.3 is 5.97 Å². The molecule has 24 heavy (non-hydrogen) atoms. The van der Waals surface area contributed by atoms with Crippen LogP contribution < -0.4 is 10.1 Å². The summed E-state index contributed by atoms with van der Waals surface area (Å²) in [5, 5.41) is 2.95. The largest absolute Gasteiger partial charge is 0.482 e. The van der Waals surface area contributed by atoms with Crippen molar-refractivity contribution in [2.24, 2.45) is 0 Å². The van der Waals surface area contributed by atoms with E-state index in [2.05, 4.69) is 10.3 Å². The van der Waals surface area contributed by atoms with Gasteiger partial charge in [-0.3, -0.25) is 4.79 Å². The van der Waals surface area contributed by atoms with E-state index in [1.165, 1.54) is 6.20 Å². The van der Waals surface area contributed by atoms with Crippen molar-refractivity contribution in [3.05, 3.63) is 52.7 Å². The van der Waals surface area contributed by atoms with Crippen molar-refractivity contribution >= 4 is 29.3 Å². The first-order chi connectivity index (χ1) is 11.4. The molecule has 0 saturated heterocycles. The molecule has 1 heterocycles. The van der Waals surface area contributed by atoms with Crippen molar-refractivity contribution in [1.29, 1.82) is 0 Å². The summed E-state index contributed by atoms with van der Waals surface area (Å²) in [6.07, 6.45) is 1.40. The first-order valence-corrected chi connectivity index (χ1v) is 7.59. The topological polar surface area (TPSA) is 77.5 Å². The van der Waals surface area contributed by atoms with Gasteiger partial charge in [-0.15, -0.1) is 0 Å². The van der Waals surface area contributed by atoms with E-state index in [-0.39, 0.29) is 6.61 Å². The van der Waals surface area contributed by atoms with E-state index >= 15 is 0 Å². The molecule has 0 fully saturated rings. The molecule has 0 aliphatic carbocycles. The minimum atomic E-state index is -0.632. The van der Waals surface area contributed by atoms with Crippen molar-refractivity contribution in [2.45, 2.75) is 13.8 Å². The Labute approximate surface area is 144 Å². The van der Waals surface area contributed by atoms with Gasteiger partial charge in [0.2, 0.25) is 0 Å². The zero-order valence-corrected chi connectivity index (χ0v) is 14.1. The van der Waals surface area contributed by atoms with Crippen LogP contribution in [0.1, 0.15) is 11.1 Å². The zero-order valence-electron chi connectivity index (χ0n) is 13.3. The lowest BCUT2D eigenvalue weighted by Crippen LogP contribution is -2.24. The molecule has 0 saturated carbocycles. The molecule has 0 aliphatic rings. The lowest BCUT2D eigenvalue weighted by molar-refractivity contribution is -0.149. The highest BCUT2D eigenvalue weighted by molar-refractivity contribution is 6.30. The van der Waals surface area contributed by atoms with Gasteiger partial charge in [0.15, 0.2) is 13.2 Å². The van der Waals surface area contributed by atoms with Gasteiger partial charge in [-0.05, 0) is 49.2 Å². The Kier molecular flexibility index (Phi) is 6.14. The molecule has 126 valence electrons. The average Bonchev–Trinajstić information content (AvgIpc) is 2.56. The summed E-state index contributed by atoms with van der Waals surface area (Å²) in [4.78, 5) is 27.2. The van der Waals surface area contributed by atoms with Crippen LogP contribution in [0.3, 0.4) is 0 Å². The maximum absolute atomic E-state index is 11.7. The molecule has 0 spiro atoms. The molecule has 0 atom stereocenters. The van der Waals surface area contributed by atoms with Gasteiger partial charge in [-0.25, -0.2) is 9.78 Å². The van der Waals surface area contributed by atoms with Gasteiger partial charge in [0, 0.05) is 6.20 Å². The van der Waals surface area contributed by atoms with Crippen molar-refractivity contribution in [2.75, 3.05) is 18.5 Å². The van der Waals surface area contributed by atoms with Crippen LogP contribution in [0.5, 0.6) is 5.75 Å². The second-order valence-electron chi connectivity index (χ2n) is 5.11. The van der Waals surface area contributed by atoms with Gasteiger partial charge in [-0.2, -0.15) is 0 Å². The molecule has 0 radical (unpaired) electrons. The second-order valence-corrected chi connectivity index (χ2v) is 5.54. The number of halogens is 1. The highest BCUT2D eigenvalue weighted by Gasteiger charge is 2.09. The third-order valence-corrected chi connectivity index (χ3v) is 3.42. The SMILES string of the molecule is Cc1ccc(OCC(=O)OCC(=O)Nc2ccc(Cl)cn2)cc1C. The fourth-order valence-corrected chi connectivity index (χ4v) is 1.87. The minimum absolute atomic E-state index is 0.269. The highest BCUT2D eigenvalue weighted by Crippen LogP contribution is 2.16. The van der Waals surface area contributed by atoms with Gasteiger partial charge in [0.05, 0.1) is 5.02 Å². The molecule has 7 heteroatoms. The normalized spacial score (nSPS) is 10.1. The molecular formula is C17H17ClN2O4. The molecule has 2 aromatic rings. The number of rotatable bonds is 6. The molecule has 2 rings (SSSR count). The lowest BCUT2D eigenvalue weighted by atomic mass is 10.1. The van der Waals surface area contributed by atoms with Crippen LogP contribution in [0.2, 0.25) is 5.02 Å². The number of anilines is 1. The number of benzene rings is 1. The number of aryl methyl sites for hydroxylation is 2. The molecular weight excluding hydrogens is 332 g/mol. The standard InChI is InChI=1S/C17H17ClN2O4/c1-11-3-5-14(7-12(11)2)23-10-17(22)24-9-16(21)20-15-6-4-13(18)8-19-15/h3-8H,9-10H2,1-2H3,(H,19,20,21). The average molecular weight is 349 g/mol. The van der Waals surface area contributed by atoms with Crippen molar-refractivity contribution in [3.8, 4) is 5.75 Å². The van der Waals surface area contributed by atoms with Crippen LogP contribution in [0.15, 0.2) is 36.5 Å². The maximum atomic E-state index is 11.7. The predicted molar refractivity (Wildman–Crippen MR) is 90.2 cm³/mol. The zero-order chi connectivity index (χ0) is 17.5. The maximum Gasteiger partial charge on any atom is 0.344 e. The number of hydrogen-bond donors (Lipinski definition) is 1. The fraction of sp³-hybridized carbons (Fsp3) is 0.235. The molecule has 0 bridgehead atoms. The summed E-state index contributed by atoms with van der Waals surface area (Å²) in [5.74, 6) is -0.228. The number of carbonyl (C=O) groups excluding carboxylic acids is 2. The summed E-state index contributed by atoms with van der Waals surface area (Å²) in [6, 6.07) is 8.65. The van der Waals surface area contributed by atoms with E-state index in [0.29, 0.717) is 16.6 Å². The number of hydrogen-bond acceptors (Lipinski definition) is 5. The van der Waals surface area contributed by atoms with Gasteiger partial charge < -0.3 is 14.8 Å². The molecule has 1 aromatic carbocycles. The number of nitrogens with zero attached hydrogens (tertiary/aromatic N) is 1. The van der Waals surface area contributed by atoms with E-state index in [1.54, 1.807) is 18.2 Å². The molecule has 1 N–H and O–H groups in total. The van der Waals surface area contributed by atoms with Gasteiger partial charge in [0.1, 0.15) is 11.6 Å². The monoisotopic (exact) mass is 348 g/mol. The minimum Gasteiger partial charge on any atom is -0.482 e. The summed E-state index contributed by atoms with van der Waals surface area (Å²) in [6.45, 7) is 3.26. The number of aromatic nitrogens is 1. The van der Waals surface area contributed by atoms with Crippen molar-refractivity contribution in [1.82, 2.24) is 4.98 Å². The van der Waals surface area contributed by atoms with Crippen LogP contribution in [0.25, 0.3) is 0 Å². The van der Waals surface area contributed by atoms with Gasteiger partial charge in [-0.1, -0.05) is 17.7 Å². The molecule has 0 aliphatic heterocycles. The Hall–Kier alpha value is -2.60. The van der Waals surface area contributed by atoms with Crippen LogP contribution >= 0.6 is 11.6 Å². The summed E-state index contributed by atoms with van der Waals surface area (Å²) < 4.78 is 10.2. The third kappa shape index (κ3) is 5.55. The number of esters is 1. The van der Waals surface area contributed by atoms with Crippen LogP contribution in [0, 0.1) is 13.8 Å². The summed E-state index contributed by atoms with van der Waals surface area (Å²) in [7, 11) is 0. The number of nitrogens with one attached hydrogen (secondary N) is 1.